The summed E-state index contributed by atoms with van der Waals surface area (Å²) in [6.45, 7) is 5.33. The van der Waals surface area contributed by atoms with Crippen LogP contribution >= 0.6 is 0 Å². The lowest BCUT2D eigenvalue weighted by molar-refractivity contribution is 0.0179. The van der Waals surface area contributed by atoms with Gasteiger partial charge in [-0.05, 0) is 25.5 Å². The van der Waals surface area contributed by atoms with Crippen molar-refractivity contribution in [1.29, 1.82) is 0 Å². The van der Waals surface area contributed by atoms with Gasteiger partial charge in [-0.25, -0.2) is 4.98 Å². The Hall–Kier alpha value is -1.85. The first-order valence-electron chi connectivity index (χ1n) is 9.36. The summed E-state index contributed by atoms with van der Waals surface area (Å²) in [7, 11) is 0. The molecule has 2 aromatic rings. The fourth-order valence-corrected chi connectivity index (χ4v) is 3.66. The normalized spacial score (nSPS) is 20.8. The molecule has 1 aliphatic carbocycles. The van der Waals surface area contributed by atoms with Crippen molar-refractivity contribution in [1.82, 2.24) is 14.5 Å². The summed E-state index contributed by atoms with van der Waals surface area (Å²) in [5, 5.41) is 10.4. The molecule has 1 saturated carbocycles. The number of likely N-dealkylation sites (N-methyl/N-ethyl adjacent to an activating group) is 1. The molecule has 5 nitrogen and oxygen atoms in total. The average Bonchev–Trinajstić information content (AvgIpc) is 3.15. The quantitative estimate of drug-likeness (QED) is 0.800. The third-order valence-electron chi connectivity index (χ3n) is 5.08. The second-order valence-electron chi connectivity index (χ2n) is 6.74. The van der Waals surface area contributed by atoms with Gasteiger partial charge in [0.2, 0.25) is 0 Å². The van der Waals surface area contributed by atoms with Gasteiger partial charge in [0.05, 0.1) is 19.0 Å². The largest absolute Gasteiger partial charge is 0.491 e. The van der Waals surface area contributed by atoms with Gasteiger partial charge < -0.3 is 14.4 Å². The summed E-state index contributed by atoms with van der Waals surface area (Å²) in [6, 6.07) is 8.50. The number of aromatic nitrogens is 2. The van der Waals surface area contributed by atoms with Crippen LogP contribution in [0.15, 0.2) is 43.0 Å². The Morgan fingerprint density at radius 2 is 2.12 bits per heavy atom. The minimum Gasteiger partial charge on any atom is -0.491 e. The molecule has 0 amide bonds. The molecule has 0 radical (unpaired) electrons. The molecule has 1 fully saturated rings. The molecule has 0 saturated heterocycles. The highest BCUT2D eigenvalue weighted by Gasteiger charge is 2.28. The summed E-state index contributed by atoms with van der Waals surface area (Å²) >= 11 is 0. The molecule has 0 aliphatic heterocycles. The molecule has 1 heterocycles. The minimum absolute atomic E-state index is 0.206. The van der Waals surface area contributed by atoms with Crippen molar-refractivity contribution in [2.45, 2.75) is 57.8 Å². The van der Waals surface area contributed by atoms with Crippen molar-refractivity contribution in [2.75, 3.05) is 13.2 Å². The Morgan fingerprint density at radius 1 is 1.28 bits per heavy atom. The first kappa shape index (κ1) is 18.0. The first-order valence-corrected chi connectivity index (χ1v) is 9.36. The van der Waals surface area contributed by atoms with E-state index >= 15 is 0 Å². The number of aliphatic hydroxyl groups excluding tert-OH is 1. The fourth-order valence-electron chi connectivity index (χ4n) is 3.66. The Morgan fingerprint density at radius 3 is 2.88 bits per heavy atom. The summed E-state index contributed by atoms with van der Waals surface area (Å²) in [6.07, 6.45) is 9.68. The van der Waals surface area contributed by atoms with Crippen molar-refractivity contribution < 1.29 is 9.84 Å². The molecule has 25 heavy (non-hydrogen) atoms. The van der Waals surface area contributed by atoms with E-state index in [9.17, 15) is 5.11 Å². The molecule has 0 bridgehead atoms. The number of imidazole rings is 1. The van der Waals surface area contributed by atoms with Crippen LogP contribution in [-0.2, 0) is 13.1 Å². The van der Waals surface area contributed by atoms with Gasteiger partial charge in [0.25, 0.3) is 0 Å². The lowest BCUT2D eigenvalue weighted by atomic mass is 9.91. The molecule has 136 valence electrons. The second kappa shape index (κ2) is 9.02. The third kappa shape index (κ3) is 4.83. The van der Waals surface area contributed by atoms with Crippen LogP contribution in [0.4, 0.5) is 0 Å². The van der Waals surface area contributed by atoms with Crippen LogP contribution in [0.1, 0.15) is 38.2 Å². The van der Waals surface area contributed by atoms with E-state index in [0.717, 1.165) is 44.6 Å². The summed E-state index contributed by atoms with van der Waals surface area (Å²) in [4.78, 5) is 6.44. The zero-order chi connectivity index (χ0) is 17.5. The number of hydrogen-bond donors (Lipinski definition) is 1. The van der Waals surface area contributed by atoms with Gasteiger partial charge in [-0.3, -0.25) is 4.90 Å². The van der Waals surface area contributed by atoms with Crippen LogP contribution in [-0.4, -0.2) is 44.9 Å². The SMILES string of the molecule is CCN(Cc1ccccc1OCCn1ccnc1)[C@@H]1CCCC[C@H]1O. The monoisotopic (exact) mass is 343 g/mol. The van der Waals surface area contributed by atoms with Gasteiger partial charge >= 0.3 is 0 Å². The zero-order valence-corrected chi connectivity index (χ0v) is 15.1. The Balaban J connectivity index is 1.62. The van der Waals surface area contributed by atoms with Gasteiger partial charge in [0.1, 0.15) is 12.4 Å². The van der Waals surface area contributed by atoms with Gasteiger partial charge in [-0.2, -0.15) is 0 Å². The topological polar surface area (TPSA) is 50.5 Å². The zero-order valence-electron chi connectivity index (χ0n) is 15.1. The lowest BCUT2D eigenvalue weighted by Gasteiger charge is -2.37. The van der Waals surface area contributed by atoms with E-state index in [0.29, 0.717) is 6.61 Å². The fraction of sp³-hybridized carbons (Fsp3) is 0.550. The Kier molecular flexibility index (Phi) is 6.48. The number of ether oxygens (including phenoxy) is 1. The van der Waals surface area contributed by atoms with Gasteiger partial charge in [-0.15, -0.1) is 0 Å². The highest BCUT2D eigenvalue weighted by atomic mass is 16.5. The molecular formula is C20H29N3O2. The number of aliphatic hydroxyl groups is 1. The average molecular weight is 343 g/mol. The highest BCUT2D eigenvalue weighted by molar-refractivity contribution is 5.33. The number of rotatable bonds is 8. The number of nitrogens with zero attached hydrogens (tertiary/aromatic N) is 3. The predicted molar refractivity (Wildman–Crippen MR) is 98.5 cm³/mol. The van der Waals surface area contributed by atoms with Crippen LogP contribution in [0.5, 0.6) is 5.75 Å². The van der Waals surface area contributed by atoms with E-state index < -0.39 is 0 Å². The van der Waals surface area contributed by atoms with E-state index in [-0.39, 0.29) is 12.1 Å². The summed E-state index contributed by atoms with van der Waals surface area (Å²) in [5.41, 5.74) is 1.19. The highest BCUT2D eigenvalue weighted by Crippen LogP contribution is 2.27. The van der Waals surface area contributed by atoms with Gasteiger partial charge in [-0.1, -0.05) is 38.0 Å². The van der Waals surface area contributed by atoms with Crippen molar-refractivity contribution >= 4 is 0 Å². The maximum absolute atomic E-state index is 10.4. The van der Waals surface area contributed by atoms with E-state index in [1.807, 2.05) is 22.9 Å². The molecule has 1 aliphatic rings. The van der Waals surface area contributed by atoms with Crippen molar-refractivity contribution in [2.24, 2.45) is 0 Å². The minimum atomic E-state index is -0.206. The van der Waals surface area contributed by atoms with Crippen LogP contribution in [0, 0.1) is 0 Å². The Labute approximate surface area is 150 Å². The molecule has 2 atom stereocenters. The van der Waals surface area contributed by atoms with E-state index in [1.54, 1.807) is 12.5 Å². The predicted octanol–water partition coefficient (Wildman–Crippen LogP) is 3.09. The first-order chi connectivity index (χ1) is 12.3. The number of para-hydroxylation sites is 1. The van der Waals surface area contributed by atoms with Crippen LogP contribution in [0.2, 0.25) is 0 Å². The van der Waals surface area contributed by atoms with Crippen LogP contribution < -0.4 is 4.74 Å². The number of hydrogen-bond acceptors (Lipinski definition) is 4. The van der Waals surface area contributed by atoms with E-state index in [4.69, 9.17) is 4.74 Å². The molecule has 0 unspecified atom stereocenters. The molecule has 0 spiro atoms. The van der Waals surface area contributed by atoms with Gasteiger partial charge in [0.15, 0.2) is 0 Å². The van der Waals surface area contributed by atoms with Crippen LogP contribution in [0.3, 0.4) is 0 Å². The molecular weight excluding hydrogens is 314 g/mol. The maximum atomic E-state index is 10.4. The summed E-state index contributed by atoms with van der Waals surface area (Å²) < 4.78 is 8.05. The van der Waals surface area contributed by atoms with Crippen molar-refractivity contribution in [3.05, 3.63) is 48.5 Å². The second-order valence-corrected chi connectivity index (χ2v) is 6.74. The molecule has 5 heteroatoms. The van der Waals surface area contributed by atoms with Crippen molar-refractivity contribution in [3.63, 3.8) is 0 Å². The van der Waals surface area contributed by atoms with Crippen LogP contribution in [0.25, 0.3) is 0 Å². The third-order valence-corrected chi connectivity index (χ3v) is 5.08. The van der Waals surface area contributed by atoms with E-state index in [1.165, 1.54) is 12.0 Å². The smallest absolute Gasteiger partial charge is 0.123 e. The maximum Gasteiger partial charge on any atom is 0.123 e. The standard InChI is InChI=1S/C20H29N3O2/c1-2-23(18-8-4-5-9-19(18)24)15-17-7-3-6-10-20(17)25-14-13-22-12-11-21-16-22/h3,6-7,10-12,16,18-19,24H,2,4-5,8-9,13-15H2,1H3/t18-,19-/m1/s1. The van der Waals surface area contributed by atoms with Gasteiger partial charge in [0, 0.05) is 30.5 Å². The molecule has 1 aromatic carbocycles. The van der Waals surface area contributed by atoms with Crippen molar-refractivity contribution in [3.8, 4) is 5.75 Å². The molecule has 3 rings (SSSR count). The number of benzene rings is 1. The molecule has 1 N–H and O–H groups in total. The Bertz CT molecular complexity index is 630. The summed E-state index contributed by atoms with van der Waals surface area (Å²) in [5.74, 6) is 0.936. The lowest BCUT2D eigenvalue weighted by Crippen LogP contribution is -2.45. The van der Waals surface area contributed by atoms with E-state index in [2.05, 4.69) is 28.9 Å². The molecule has 1 aromatic heterocycles.